The molecular weight excluding hydrogens is 402 g/mol. The van der Waals surface area contributed by atoms with Crippen LogP contribution in [-0.4, -0.2) is 41.5 Å². The van der Waals surface area contributed by atoms with Crippen molar-refractivity contribution in [2.24, 2.45) is 5.41 Å². The standard InChI is InChI=1S/C26H37N3O3/c1-5-21(6-2)28-24(30)18-29-16-10-14-26(3,4)19-31-22-12-7-8-13-23(22)32-25-20(17-29)11-9-15-27-25/h7-9,11-13,15,21H,5-6,10,14,16-19H2,1-4H3,(H,28,30). The predicted molar refractivity (Wildman–Crippen MR) is 127 cm³/mol. The summed E-state index contributed by atoms with van der Waals surface area (Å²) < 4.78 is 12.4. The molecule has 2 heterocycles. The van der Waals surface area contributed by atoms with Crippen LogP contribution in [-0.2, 0) is 11.3 Å². The molecule has 1 N–H and O–H groups in total. The van der Waals surface area contributed by atoms with Crippen LogP contribution in [0.4, 0.5) is 0 Å². The molecule has 32 heavy (non-hydrogen) atoms. The molecule has 0 saturated heterocycles. The van der Waals surface area contributed by atoms with Gasteiger partial charge in [0, 0.05) is 24.3 Å². The van der Waals surface area contributed by atoms with Crippen molar-refractivity contribution in [1.29, 1.82) is 0 Å². The Balaban J connectivity index is 1.85. The molecular formula is C26H37N3O3. The van der Waals surface area contributed by atoms with Gasteiger partial charge < -0.3 is 14.8 Å². The molecule has 1 aliphatic rings. The second kappa shape index (κ2) is 11.3. The van der Waals surface area contributed by atoms with Gasteiger partial charge in [-0.25, -0.2) is 4.98 Å². The molecule has 6 heteroatoms. The SMILES string of the molecule is CCC(CC)NC(=O)CN1CCCC(C)(C)COc2ccccc2Oc2ncccc2C1. The first-order valence-corrected chi connectivity index (χ1v) is 11.8. The number of nitrogens with zero attached hydrogens (tertiary/aromatic N) is 2. The Bertz CT molecular complexity index is 880. The van der Waals surface area contributed by atoms with E-state index in [0.717, 1.165) is 43.5 Å². The maximum atomic E-state index is 12.8. The normalized spacial score (nSPS) is 16.9. The maximum absolute atomic E-state index is 12.8. The van der Waals surface area contributed by atoms with Gasteiger partial charge >= 0.3 is 0 Å². The largest absolute Gasteiger partial charge is 0.489 e. The number of rotatable bonds is 5. The van der Waals surface area contributed by atoms with Crippen molar-refractivity contribution < 1.29 is 14.3 Å². The molecule has 0 saturated carbocycles. The van der Waals surface area contributed by atoms with Crippen molar-refractivity contribution in [3.63, 3.8) is 0 Å². The Morgan fingerprint density at radius 1 is 1.16 bits per heavy atom. The summed E-state index contributed by atoms with van der Waals surface area (Å²) in [6.45, 7) is 11.0. The molecule has 1 amide bonds. The number of ether oxygens (including phenoxy) is 2. The lowest BCUT2D eigenvalue weighted by molar-refractivity contribution is -0.123. The highest BCUT2D eigenvalue weighted by atomic mass is 16.5. The van der Waals surface area contributed by atoms with Gasteiger partial charge in [-0.05, 0) is 55.8 Å². The molecule has 1 aromatic heterocycles. The van der Waals surface area contributed by atoms with Crippen LogP contribution in [0.15, 0.2) is 42.6 Å². The minimum Gasteiger partial charge on any atom is -0.489 e. The monoisotopic (exact) mass is 439 g/mol. The van der Waals surface area contributed by atoms with E-state index in [0.29, 0.717) is 31.3 Å². The van der Waals surface area contributed by atoms with Crippen molar-refractivity contribution in [2.75, 3.05) is 19.7 Å². The molecule has 3 rings (SSSR count). The highest BCUT2D eigenvalue weighted by Crippen LogP contribution is 2.34. The van der Waals surface area contributed by atoms with Gasteiger partial charge in [-0.15, -0.1) is 0 Å². The number of nitrogens with one attached hydrogen (secondary N) is 1. The fraction of sp³-hybridized carbons (Fsp3) is 0.538. The molecule has 0 aliphatic carbocycles. The molecule has 6 nitrogen and oxygen atoms in total. The summed E-state index contributed by atoms with van der Waals surface area (Å²) in [6.07, 6.45) is 5.59. The Kier molecular flexibility index (Phi) is 8.51. The molecule has 2 aromatic rings. The van der Waals surface area contributed by atoms with E-state index >= 15 is 0 Å². The minimum absolute atomic E-state index is 0.00964. The highest BCUT2D eigenvalue weighted by molar-refractivity contribution is 5.78. The lowest BCUT2D eigenvalue weighted by Gasteiger charge is -2.27. The quantitative estimate of drug-likeness (QED) is 0.695. The maximum Gasteiger partial charge on any atom is 0.234 e. The fourth-order valence-electron chi connectivity index (χ4n) is 3.94. The van der Waals surface area contributed by atoms with Crippen molar-refractivity contribution in [3.8, 4) is 17.4 Å². The second-order valence-corrected chi connectivity index (χ2v) is 9.36. The van der Waals surface area contributed by atoms with Crippen LogP contribution in [0, 0.1) is 5.41 Å². The number of carbonyl (C=O) groups is 1. The number of hydrogen-bond donors (Lipinski definition) is 1. The lowest BCUT2D eigenvalue weighted by atomic mass is 9.88. The average molecular weight is 440 g/mol. The van der Waals surface area contributed by atoms with Gasteiger partial charge in [0.2, 0.25) is 11.8 Å². The zero-order chi connectivity index (χ0) is 23.0. The Labute approximate surface area is 192 Å². The van der Waals surface area contributed by atoms with Crippen LogP contribution in [0.25, 0.3) is 0 Å². The van der Waals surface area contributed by atoms with Crippen LogP contribution in [0.1, 0.15) is 58.9 Å². The van der Waals surface area contributed by atoms with E-state index < -0.39 is 0 Å². The molecule has 0 unspecified atom stereocenters. The van der Waals surface area contributed by atoms with Crippen molar-refractivity contribution in [3.05, 3.63) is 48.2 Å². The molecule has 0 fully saturated rings. The summed E-state index contributed by atoms with van der Waals surface area (Å²) >= 11 is 0. The summed E-state index contributed by atoms with van der Waals surface area (Å²) in [5, 5.41) is 3.17. The van der Waals surface area contributed by atoms with Crippen molar-refractivity contribution >= 4 is 5.91 Å². The molecule has 1 aliphatic heterocycles. The number of para-hydroxylation sites is 2. The zero-order valence-corrected chi connectivity index (χ0v) is 19.9. The van der Waals surface area contributed by atoms with Gasteiger partial charge in [0.15, 0.2) is 11.5 Å². The second-order valence-electron chi connectivity index (χ2n) is 9.36. The number of hydrogen-bond acceptors (Lipinski definition) is 5. The van der Waals surface area contributed by atoms with E-state index in [9.17, 15) is 4.79 Å². The summed E-state index contributed by atoms with van der Waals surface area (Å²) in [7, 11) is 0. The average Bonchev–Trinajstić information content (AvgIpc) is 2.78. The fourth-order valence-corrected chi connectivity index (χ4v) is 3.94. The molecule has 0 spiro atoms. The van der Waals surface area contributed by atoms with Gasteiger partial charge in [-0.2, -0.15) is 0 Å². The van der Waals surface area contributed by atoms with Gasteiger partial charge in [-0.1, -0.05) is 45.9 Å². The van der Waals surface area contributed by atoms with Crippen LogP contribution >= 0.6 is 0 Å². The summed E-state index contributed by atoms with van der Waals surface area (Å²) in [5.41, 5.74) is 0.964. The zero-order valence-electron chi connectivity index (χ0n) is 19.9. The first-order chi connectivity index (χ1) is 15.4. The molecule has 0 radical (unpaired) electrons. The van der Waals surface area contributed by atoms with Crippen LogP contribution < -0.4 is 14.8 Å². The number of amides is 1. The molecule has 174 valence electrons. The minimum atomic E-state index is 0.00964. The number of carbonyl (C=O) groups excluding carboxylic acids is 1. The van der Waals surface area contributed by atoms with Gasteiger partial charge in [-0.3, -0.25) is 9.69 Å². The molecule has 0 atom stereocenters. The Hall–Kier alpha value is -2.60. The van der Waals surface area contributed by atoms with E-state index in [1.54, 1.807) is 6.20 Å². The van der Waals surface area contributed by atoms with E-state index in [1.165, 1.54) is 0 Å². The Morgan fingerprint density at radius 3 is 2.66 bits per heavy atom. The van der Waals surface area contributed by atoms with Crippen molar-refractivity contribution in [1.82, 2.24) is 15.2 Å². The van der Waals surface area contributed by atoms with E-state index in [2.05, 4.69) is 42.9 Å². The van der Waals surface area contributed by atoms with E-state index in [-0.39, 0.29) is 17.4 Å². The number of aromatic nitrogens is 1. The van der Waals surface area contributed by atoms with E-state index in [4.69, 9.17) is 9.47 Å². The highest BCUT2D eigenvalue weighted by Gasteiger charge is 2.23. The third kappa shape index (κ3) is 6.95. The first kappa shape index (κ1) is 24.1. The van der Waals surface area contributed by atoms with Crippen LogP contribution in [0.3, 0.4) is 0 Å². The topological polar surface area (TPSA) is 63.7 Å². The predicted octanol–water partition coefficient (Wildman–Crippen LogP) is 5.18. The molecule has 1 aromatic carbocycles. The van der Waals surface area contributed by atoms with Gasteiger partial charge in [0.25, 0.3) is 0 Å². The third-order valence-electron chi connectivity index (χ3n) is 5.96. The van der Waals surface area contributed by atoms with E-state index in [1.807, 2.05) is 36.4 Å². The number of pyridine rings is 1. The van der Waals surface area contributed by atoms with Gasteiger partial charge in [0.05, 0.1) is 13.2 Å². The Morgan fingerprint density at radius 2 is 1.91 bits per heavy atom. The van der Waals surface area contributed by atoms with Crippen molar-refractivity contribution in [2.45, 2.75) is 66.0 Å². The first-order valence-electron chi connectivity index (χ1n) is 11.8. The smallest absolute Gasteiger partial charge is 0.234 e. The number of fused-ring (bicyclic) bond motifs is 2. The molecule has 0 bridgehead atoms. The third-order valence-corrected chi connectivity index (χ3v) is 5.96. The van der Waals surface area contributed by atoms with Gasteiger partial charge in [0.1, 0.15) is 0 Å². The van der Waals surface area contributed by atoms with Crippen LogP contribution in [0.5, 0.6) is 17.4 Å². The summed E-state index contributed by atoms with van der Waals surface area (Å²) in [6, 6.07) is 11.9. The van der Waals surface area contributed by atoms with Crippen LogP contribution in [0.2, 0.25) is 0 Å². The lowest BCUT2D eigenvalue weighted by Crippen LogP contribution is -2.42. The summed E-state index contributed by atoms with van der Waals surface area (Å²) in [5.74, 6) is 1.99. The summed E-state index contributed by atoms with van der Waals surface area (Å²) in [4.78, 5) is 19.4. The number of benzene rings is 1.